The average molecular weight is 280 g/mol. The van der Waals surface area contributed by atoms with Crippen molar-refractivity contribution in [2.24, 2.45) is 0 Å². The Morgan fingerprint density at radius 1 is 1.29 bits per heavy atom. The van der Waals surface area contributed by atoms with E-state index in [0.717, 1.165) is 18.5 Å². The molecule has 0 saturated heterocycles. The van der Waals surface area contributed by atoms with Gasteiger partial charge in [-0.25, -0.2) is 4.39 Å². The Hall–Kier alpha value is -0.350. The highest BCUT2D eigenvalue weighted by Crippen LogP contribution is 2.15. The molecule has 0 radical (unpaired) electrons. The fourth-order valence-corrected chi connectivity index (χ4v) is 1.56. The maximum atomic E-state index is 13.1. The molecule has 0 fully saturated rings. The van der Waals surface area contributed by atoms with E-state index in [1.807, 2.05) is 6.07 Å². The smallest absolute Gasteiger partial charge is 0.142 e. The fourth-order valence-electron chi connectivity index (χ4n) is 1.34. The molecular formula is C12H16Cl2FNO. The lowest BCUT2D eigenvalue weighted by molar-refractivity contribution is 0.146. The molecule has 0 atom stereocenters. The summed E-state index contributed by atoms with van der Waals surface area (Å²) in [4.78, 5) is 0. The first-order chi connectivity index (χ1) is 8.24. The molecule has 1 aromatic carbocycles. The number of hydrogen-bond donors (Lipinski definition) is 1. The van der Waals surface area contributed by atoms with Crippen molar-refractivity contribution < 1.29 is 9.13 Å². The van der Waals surface area contributed by atoms with E-state index < -0.39 is 0 Å². The first-order valence-electron chi connectivity index (χ1n) is 5.52. The number of alkyl halides is 1. The van der Waals surface area contributed by atoms with Crippen molar-refractivity contribution in [2.75, 3.05) is 25.6 Å². The van der Waals surface area contributed by atoms with Gasteiger partial charge in [-0.05, 0) is 30.7 Å². The zero-order chi connectivity index (χ0) is 12.5. The van der Waals surface area contributed by atoms with Gasteiger partial charge in [-0.2, -0.15) is 0 Å². The van der Waals surface area contributed by atoms with Crippen molar-refractivity contribution >= 4 is 23.2 Å². The zero-order valence-electron chi connectivity index (χ0n) is 9.52. The summed E-state index contributed by atoms with van der Waals surface area (Å²) >= 11 is 11.1. The molecule has 5 heteroatoms. The van der Waals surface area contributed by atoms with Gasteiger partial charge in [-0.3, -0.25) is 0 Å². The highest BCUT2D eigenvalue weighted by molar-refractivity contribution is 6.30. The van der Waals surface area contributed by atoms with Gasteiger partial charge in [0.2, 0.25) is 0 Å². The van der Waals surface area contributed by atoms with Gasteiger partial charge >= 0.3 is 0 Å². The van der Waals surface area contributed by atoms with Crippen LogP contribution in [0.5, 0.6) is 0 Å². The van der Waals surface area contributed by atoms with Crippen LogP contribution < -0.4 is 5.32 Å². The number of halogens is 3. The molecule has 0 unspecified atom stereocenters. The van der Waals surface area contributed by atoms with E-state index >= 15 is 0 Å². The molecule has 1 aromatic rings. The minimum atomic E-state index is -0.378. The summed E-state index contributed by atoms with van der Waals surface area (Å²) in [6.07, 6.45) is 0.910. The van der Waals surface area contributed by atoms with Gasteiger partial charge < -0.3 is 10.1 Å². The molecule has 0 aromatic heterocycles. The average Bonchev–Trinajstić information content (AvgIpc) is 2.32. The normalized spacial score (nSPS) is 10.8. The molecule has 0 bridgehead atoms. The highest BCUT2D eigenvalue weighted by Gasteiger charge is 2.00. The van der Waals surface area contributed by atoms with Gasteiger partial charge in [0, 0.05) is 19.0 Å². The highest BCUT2D eigenvalue weighted by atomic mass is 35.5. The monoisotopic (exact) mass is 279 g/mol. The summed E-state index contributed by atoms with van der Waals surface area (Å²) < 4.78 is 18.3. The maximum Gasteiger partial charge on any atom is 0.142 e. The molecule has 0 saturated carbocycles. The lowest BCUT2D eigenvalue weighted by Gasteiger charge is -2.06. The van der Waals surface area contributed by atoms with Crippen molar-refractivity contribution in [1.82, 2.24) is 5.32 Å². The number of ether oxygens (including phenoxy) is 1. The quantitative estimate of drug-likeness (QED) is 0.583. The summed E-state index contributed by atoms with van der Waals surface area (Å²) in [7, 11) is 0. The molecule has 17 heavy (non-hydrogen) atoms. The van der Waals surface area contributed by atoms with Crippen LogP contribution in [0.3, 0.4) is 0 Å². The van der Waals surface area contributed by atoms with Crippen molar-refractivity contribution in [2.45, 2.75) is 13.0 Å². The summed E-state index contributed by atoms with van der Waals surface area (Å²) in [5.74, 6) is 0.147. The summed E-state index contributed by atoms with van der Waals surface area (Å²) in [6.45, 7) is 2.73. The first kappa shape index (κ1) is 14.7. The lowest BCUT2D eigenvalue weighted by Crippen LogP contribution is -2.16. The Labute approximate surface area is 111 Å². The molecule has 0 aliphatic carbocycles. The Bertz CT molecular complexity index is 336. The Kier molecular flexibility index (Phi) is 7.53. The van der Waals surface area contributed by atoms with Crippen LogP contribution in [-0.4, -0.2) is 25.6 Å². The van der Waals surface area contributed by atoms with Crippen LogP contribution in [0.4, 0.5) is 4.39 Å². The number of benzene rings is 1. The molecule has 0 aliphatic rings. The van der Waals surface area contributed by atoms with Crippen LogP contribution >= 0.6 is 23.2 Å². The Morgan fingerprint density at radius 3 is 2.82 bits per heavy atom. The molecule has 96 valence electrons. The SMILES string of the molecule is Fc1cc(CNCCCOCCCl)ccc1Cl. The van der Waals surface area contributed by atoms with Gasteiger partial charge in [-0.15, -0.1) is 11.6 Å². The predicted octanol–water partition coefficient (Wildman–Crippen LogP) is 3.21. The second-order valence-corrected chi connectivity index (χ2v) is 4.37. The molecule has 2 nitrogen and oxygen atoms in total. The predicted molar refractivity (Wildman–Crippen MR) is 69.3 cm³/mol. The van der Waals surface area contributed by atoms with Crippen molar-refractivity contribution in [3.63, 3.8) is 0 Å². The van der Waals surface area contributed by atoms with Crippen LogP contribution in [0.2, 0.25) is 5.02 Å². The van der Waals surface area contributed by atoms with Gasteiger partial charge in [0.05, 0.1) is 11.6 Å². The molecule has 0 amide bonds. The lowest BCUT2D eigenvalue weighted by atomic mass is 10.2. The van der Waals surface area contributed by atoms with E-state index in [1.54, 1.807) is 6.07 Å². The standard InChI is InChI=1S/C12H16Cl2FNO/c13-4-7-17-6-1-5-16-9-10-2-3-11(14)12(15)8-10/h2-3,8,16H,1,4-7,9H2. The van der Waals surface area contributed by atoms with E-state index in [-0.39, 0.29) is 10.8 Å². The largest absolute Gasteiger partial charge is 0.380 e. The number of hydrogen-bond acceptors (Lipinski definition) is 2. The molecule has 0 heterocycles. The third-order valence-electron chi connectivity index (χ3n) is 2.18. The van der Waals surface area contributed by atoms with E-state index in [9.17, 15) is 4.39 Å². The van der Waals surface area contributed by atoms with Crippen molar-refractivity contribution in [3.05, 3.63) is 34.6 Å². The van der Waals surface area contributed by atoms with Gasteiger partial charge in [0.1, 0.15) is 5.82 Å². The third-order valence-corrected chi connectivity index (χ3v) is 2.64. The zero-order valence-corrected chi connectivity index (χ0v) is 11.0. The van der Waals surface area contributed by atoms with E-state index in [2.05, 4.69) is 5.32 Å². The van der Waals surface area contributed by atoms with Crippen LogP contribution in [0.1, 0.15) is 12.0 Å². The van der Waals surface area contributed by atoms with E-state index in [4.69, 9.17) is 27.9 Å². The molecule has 0 aliphatic heterocycles. The topological polar surface area (TPSA) is 21.3 Å². The molecule has 1 rings (SSSR count). The van der Waals surface area contributed by atoms with Crippen LogP contribution in [0.25, 0.3) is 0 Å². The van der Waals surface area contributed by atoms with Gasteiger partial charge in [-0.1, -0.05) is 17.7 Å². The van der Waals surface area contributed by atoms with Crippen LogP contribution in [0, 0.1) is 5.82 Å². The molecule has 0 spiro atoms. The van der Waals surface area contributed by atoms with Crippen LogP contribution in [-0.2, 0) is 11.3 Å². The van der Waals surface area contributed by atoms with E-state index in [0.29, 0.717) is 25.6 Å². The Morgan fingerprint density at radius 2 is 2.12 bits per heavy atom. The second-order valence-electron chi connectivity index (χ2n) is 3.58. The van der Waals surface area contributed by atoms with Crippen molar-refractivity contribution in [3.8, 4) is 0 Å². The van der Waals surface area contributed by atoms with Crippen molar-refractivity contribution in [1.29, 1.82) is 0 Å². The fraction of sp³-hybridized carbons (Fsp3) is 0.500. The summed E-state index contributed by atoms with van der Waals surface area (Å²) in [6, 6.07) is 4.82. The van der Waals surface area contributed by atoms with Crippen LogP contribution in [0.15, 0.2) is 18.2 Å². The maximum absolute atomic E-state index is 13.1. The third kappa shape index (κ3) is 6.22. The first-order valence-corrected chi connectivity index (χ1v) is 6.43. The second kappa shape index (κ2) is 8.70. The molecular weight excluding hydrogens is 264 g/mol. The summed E-state index contributed by atoms with van der Waals surface area (Å²) in [5, 5.41) is 3.36. The Balaban J connectivity index is 2.11. The summed E-state index contributed by atoms with van der Waals surface area (Å²) in [5.41, 5.74) is 0.883. The van der Waals surface area contributed by atoms with Gasteiger partial charge in [0.25, 0.3) is 0 Å². The minimum absolute atomic E-state index is 0.156. The minimum Gasteiger partial charge on any atom is -0.380 e. The number of rotatable bonds is 8. The van der Waals surface area contributed by atoms with Gasteiger partial charge in [0.15, 0.2) is 0 Å². The molecule has 1 N–H and O–H groups in total. The number of nitrogens with one attached hydrogen (secondary N) is 1. The van der Waals surface area contributed by atoms with E-state index in [1.165, 1.54) is 6.07 Å².